The molecule has 1 aromatic rings. The van der Waals surface area contributed by atoms with Gasteiger partial charge in [0.1, 0.15) is 0 Å². The van der Waals surface area contributed by atoms with Gasteiger partial charge in [0.15, 0.2) is 0 Å². The van der Waals surface area contributed by atoms with Crippen molar-refractivity contribution < 1.29 is 9.53 Å². The van der Waals surface area contributed by atoms with Crippen molar-refractivity contribution in [3.63, 3.8) is 0 Å². The molecule has 80 valence electrons. The highest BCUT2D eigenvalue weighted by molar-refractivity contribution is 5.87. The van der Waals surface area contributed by atoms with Gasteiger partial charge in [0.2, 0.25) is 0 Å². The summed E-state index contributed by atoms with van der Waals surface area (Å²) in [7, 11) is 1.38. The third-order valence-electron chi connectivity index (χ3n) is 2.27. The standard InChI is InChI=1S/C13H16O2/c1-10-5-4-6-12(9-10)8-7-11(2)13(14)15-3/h4-6,9H,2,7-8H2,1,3H3. The molecule has 0 radical (unpaired) electrons. The van der Waals surface area contributed by atoms with Gasteiger partial charge in [0, 0.05) is 5.57 Å². The maximum atomic E-state index is 11.1. The van der Waals surface area contributed by atoms with Crippen LogP contribution in [0.4, 0.5) is 0 Å². The van der Waals surface area contributed by atoms with Crippen LogP contribution in [-0.4, -0.2) is 13.1 Å². The lowest BCUT2D eigenvalue weighted by Gasteiger charge is -2.04. The fourth-order valence-corrected chi connectivity index (χ4v) is 1.41. The van der Waals surface area contributed by atoms with Gasteiger partial charge in [-0.15, -0.1) is 0 Å². The summed E-state index contributed by atoms with van der Waals surface area (Å²) in [6, 6.07) is 8.24. The Kier molecular flexibility index (Phi) is 4.10. The van der Waals surface area contributed by atoms with Gasteiger partial charge in [-0.25, -0.2) is 4.79 Å². The molecule has 0 N–H and O–H groups in total. The van der Waals surface area contributed by atoms with Gasteiger partial charge in [-0.2, -0.15) is 0 Å². The van der Waals surface area contributed by atoms with E-state index in [-0.39, 0.29) is 5.97 Å². The summed E-state index contributed by atoms with van der Waals surface area (Å²) in [4.78, 5) is 11.1. The van der Waals surface area contributed by atoms with Crippen LogP contribution >= 0.6 is 0 Å². The summed E-state index contributed by atoms with van der Waals surface area (Å²) in [5.41, 5.74) is 2.98. The molecule has 0 spiro atoms. The Morgan fingerprint density at radius 2 is 2.20 bits per heavy atom. The second-order valence-electron chi connectivity index (χ2n) is 3.58. The predicted octanol–water partition coefficient (Wildman–Crippen LogP) is 2.66. The minimum Gasteiger partial charge on any atom is -0.466 e. The summed E-state index contributed by atoms with van der Waals surface area (Å²) in [6.07, 6.45) is 1.48. The normalized spacial score (nSPS) is 9.73. The molecule has 1 rings (SSSR count). The highest BCUT2D eigenvalue weighted by atomic mass is 16.5. The smallest absolute Gasteiger partial charge is 0.333 e. The van der Waals surface area contributed by atoms with Crippen LogP contribution in [0.5, 0.6) is 0 Å². The van der Waals surface area contributed by atoms with E-state index in [0.717, 1.165) is 6.42 Å². The molecule has 0 unspecified atom stereocenters. The minimum atomic E-state index is -0.317. The topological polar surface area (TPSA) is 26.3 Å². The predicted molar refractivity (Wildman–Crippen MR) is 60.7 cm³/mol. The van der Waals surface area contributed by atoms with Crippen molar-refractivity contribution in [1.29, 1.82) is 0 Å². The van der Waals surface area contributed by atoms with Crippen molar-refractivity contribution >= 4 is 5.97 Å². The van der Waals surface area contributed by atoms with E-state index in [1.807, 2.05) is 6.07 Å². The average molecular weight is 204 g/mol. The minimum absolute atomic E-state index is 0.317. The lowest BCUT2D eigenvalue weighted by Crippen LogP contribution is -2.04. The van der Waals surface area contributed by atoms with E-state index in [9.17, 15) is 4.79 Å². The van der Waals surface area contributed by atoms with Crippen LogP contribution in [0.2, 0.25) is 0 Å². The average Bonchev–Trinajstić information content (AvgIpc) is 2.25. The highest BCUT2D eigenvalue weighted by Gasteiger charge is 2.06. The Hall–Kier alpha value is -1.57. The quantitative estimate of drug-likeness (QED) is 0.556. The van der Waals surface area contributed by atoms with Gasteiger partial charge in [-0.3, -0.25) is 0 Å². The van der Waals surface area contributed by atoms with Crippen LogP contribution in [0.1, 0.15) is 17.5 Å². The zero-order chi connectivity index (χ0) is 11.3. The van der Waals surface area contributed by atoms with Crippen molar-refractivity contribution in [2.45, 2.75) is 19.8 Å². The molecule has 2 heteroatoms. The number of carbonyl (C=O) groups is 1. The van der Waals surface area contributed by atoms with Crippen molar-refractivity contribution in [1.82, 2.24) is 0 Å². The Balaban J connectivity index is 2.50. The van der Waals surface area contributed by atoms with Crippen molar-refractivity contribution in [3.05, 3.63) is 47.5 Å². The number of hydrogen-bond donors (Lipinski definition) is 0. The van der Waals surface area contributed by atoms with Gasteiger partial charge in [-0.05, 0) is 25.3 Å². The van der Waals surface area contributed by atoms with Crippen molar-refractivity contribution in [3.8, 4) is 0 Å². The van der Waals surface area contributed by atoms with Gasteiger partial charge in [0.05, 0.1) is 7.11 Å². The molecule has 0 saturated carbocycles. The second-order valence-corrected chi connectivity index (χ2v) is 3.58. The third-order valence-corrected chi connectivity index (χ3v) is 2.27. The molecule has 0 atom stereocenters. The summed E-state index contributed by atoms with van der Waals surface area (Å²) in [5.74, 6) is -0.317. The number of carbonyl (C=O) groups excluding carboxylic acids is 1. The zero-order valence-corrected chi connectivity index (χ0v) is 9.25. The third kappa shape index (κ3) is 3.58. The molecule has 1 aromatic carbocycles. The van der Waals surface area contributed by atoms with E-state index < -0.39 is 0 Å². The molecule has 0 aliphatic carbocycles. The SMILES string of the molecule is C=C(CCc1cccc(C)c1)C(=O)OC. The molecule has 0 heterocycles. The van der Waals surface area contributed by atoms with Crippen LogP contribution in [0.15, 0.2) is 36.4 Å². The summed E-state index contributed by atoms with van der Waals surface area (Å²) < 4.78 is 4.59. The summed E-state index contributed by atoms with van der Waals surface area (Å²) >= 11 is 0. The van der Waals surface area contributed by atoms with E-state index in [2.05, 4.69) is 36.4 Å². The monoisotopic (exact) mass is 204 g/mol. The molecule has 2 nitrogen and oxygen atoms in total. The Labute approximate surface area is 90.6 Å². The fourth-order valence-electron chi connectivity index (χ4n) is 1.41. The van der Waals surface area contributed by atoms with E-state index in [0.29, 0.717) is 12.0 Å². The zero-order valence-electron chi connectivity index (χ0n) is 9.25. The number of esters is 1. The first-order valence-electron chi connectivity index (χ1n) is 4.95. The summed E-state index contributed by atoms with van der Waals surface area (Å²) in [5, 5.41) is 0. The molecule has 0 aliphatic rings. The molecule has 0 amide bonds. The number of methoxy groups -OCH3 is 1. The second kappa shape index (κ2) is 5.35. The number of benzene rings is 1. The van der Waals surface area contributed by atoms with E-state index in [1.165, 1.54) is 18.2 Å². The molecular weight excluding hydrogens is 188 g/mol. The fraction of sp³-hybridized carbons (Fsp3) is 0.308. The molecule has 15 heavy (non-hydrogen) atoms. The van der Waals surface area contributed by atoms with E-state index in [4.69, 9.17) is 0 Å². The van der Waals surface area contributed by atoms with Crippen molar-refractivity contribution in [2.24, 2.45) is 0 Å². The number of aryl methyl sites for hydroxylation is 2. The van der Waals surface area contributed by atoms with E-state index >= 15 is 0 Å². The molecular formula is C13H16O2. The molecule has 0 saturated heterocycles. The lowest BCUT2D eigenvalue weighted by atomic mass is 10.0. The Bertz CT molecular complexity index is 367. The van der Waals surface area contributed by atoms with Gasteiger partial charge in [0.25, 0.3) is 0 Å². The first-order chi connectivity index (χ1) is 7.13. The summed E-state index contributed by atoms with van der Waals surface area (Å²) in [6.45, 7) is 5.74. The number of hydrogen-bond acceptors (Lipinski definition) is 2. The van der Waals surface area contributed by atoms with E-state index in [1.54, 1.807) is 0 Å². The van der Waals surface area contributed by atoms with Crippen LogP contribution in [0.25, 0.3) is 0 Å². The first-order valence-corrected chi connectivity index (χ1v) is 4.95. The highest BCUT2D eigenvalue weighted by Crippen LogP contribution is 2.10. The van der Waals surface area contributed by atoms with Gasteiger partial charge >= 0.3 is 5.97 Å². The van der Waals surface area contributed by atoms with Gasteiger partial charge < -0.3 is 4.74 Å². The molecule has 0 aliphatic heterocycles. The number of ether oxygens (including phenoxy) is 1. The maximum absolute atomic E-state index is 11.1. The van der Waals surface area contributed by atoms with Crippen LogP contribution < -0.4 is 0 Å². The largest absolute Gasteiger partial charge is 0.466 e. The number of rotatable bonds is 4. The van der Waals surface area contributed by atoms with Crippen LogP contribution in [0, 0.1) is 6.92 Å². The van der Waals surface area contributed by atoms with Crippen LogP contribution in [-0.2, 0) is 16.0 Å². The maximum Gasteiger partial charge on any atom is 0.333 e. The molecule has 0 aromatic heterocycles. The Morgan fingerprint density at radius 3 is 2.80 bits per heavy atom. The van der Waals surface area contributed by atoms with Gasteiger partial charge in [-0.1, -0.05) is 36.4 Å². The first kappa shape index (κ1) is 11.5. The Morgan fingerprint density at radius 1 is 1.47 bits per heavy atom. The lowest BCUT2D eigenvalue weighted by molar-refractivity contribution is -0.136. The molecule has 0 fully saturated rings. The van der Waals surface area contributed by atoms with Crippen LogP contribution in [0.3, 0.4) is 0 Å². The van der Waals surface area contributed by atoms with Crippen molar-refractivity contribution in [2.75, 3.05) is 7.11 Å². The molecule has 0 bridgehead atoms.